The number of phenolic OH excluding ortho intramolecular Hbond substituents is 1. The molecule has 4 nitrogen and oxygen atoms in total. The zero-order valence-electron chi connectivity index (χ0n) is 8.51. The van der Waals surface area contributed by atoms with Crippen molar-refractivity contribution in [2.45, 2.75) is 6.92 Å². The molecule has 2 aromatic rings. The van der Waals surface area contributed by atoms with E-state index in [1.54, 1.807) is 24.3 Å². The minimum Gasteiger partial charge on any atom is -0.508 e. The van der Waals surface area contributed by atoms with Gasteiger partial charge in [-0.25, -0.2) is 4.98 Å². The summed E-state index contributed by atoms with van der Waals surface area (Å²) in [4.78, 5) is 14.9. The van der Waals surface area contributed by atoms with E-state index < -0.39 is 0 Å². The third-order valence-corrected chi connectivity index (χ3v) is 2.77. The number of thiazole rings is 1. The fourth-order valence-electron chi connectivity index (χ4n) is 1.19. The Morgan fingerprint density at radius 1 is 1.38 bits per heavy atom. The second kappa shape index (κ2) is 4.32. The number of carbonyl (C=O) groups excluding carboxylic acids is 1. The molecule has 0 saturated carbocycles. The van der Waals surface area contributed by atoms with Gasteiger partial charge >= 0.3 is 5.97 Å². The molecule has 0 aliphatic carbocycles. The number of phenols is 1. The van der Waals surface area contributed by atoms with Crippen molar-refractivity contribution < 1.29 is 14.6 Å². The number of benzene rings is 1. The minimum atomic E-state index is -0.360. The number of hydrogen-bond donors (Lipinski definition) is 1. The van der Waals surface area contributed by atoms with Crippen LogP contribution in [0.2, 0.25) is 0 Å². The van der Waals surface area contributed by atoms with Crippen LogP contribution in [0.15, 0.2) is 30.5 Å². The van der Waals surface area contributed by atoms with Gasteiger partial charge in [-0.05, 0) is 24.3 Å². The Morgan fingerprint density at radius 3 is 2.69 bits per heavy atom. The van der Waals surface area contributed by atoms with Crippen molar-refractivity contribution >= 4 is 17.3 Å². The third-order valence-electron chi connectivity index (χ3n) is 1.84. The number of hydrogen-bond acceptors (Lipinski definition) is 5. The molecule has 0 aliphatic rings. The molecular formula is C11H9NO3S. The lowest BCUT2D eigenvalue weighted by Gasteiger charge is -1.96. The number of carbonyl (C=O) groups is 1. The molecule has 0 aliphatic heterocycles. The quantitative estimate of drug-likeness (QED) is 0.812. The molecule has 16 heavy (non-hydrogen) atoms. The summed E-state index contributed by atoms with van der Waals surface area (Å²) in [5, 5.41) is 10.4. The van der Waals surface area contributed by atoms with E-state index in [0.717, 1.165) is 10.6 Å². The van der Waals surface area contributed by atoms with Gasteiger partial charge in [0.2, 0.25) is 5.06 Å². The molecule has 0 saturated heterocycles. The molecule has 0 unspecified atom stereocenters. The van der Waals surface area contributed by atoms with E-state index in [4.69, 9.17) is 9.84 Å². The molecule has 0 fully saturated rings. The Balaban J connectivity index is 2.24. The van der Waals surface area contributed by atoms with Gasteiger partial charge in [-0.2, -0.15) is 0 Å². The molecule has 2 rings (SSSR count). The first-order valence-electron chi connectivity index (χ1n) is 4.59. The van der Waals surface area contributed by atoms with E-state index in [0.29, 0.717) is 5.06 Å². The van der Waals surface area contributed by atoms with E-state index in [9.17, 15) is 4.79 Å². The molecule has 0 bridgehead atoms. The van der Waals surface area contributed by atoms with Crippen LogP contribution in [0.3, 0.4) is 0 Å². The molecule has 0 spiro atoms. The van der Waals surface area contributed by atoms with Gasteiger partial charge in [0.25, 0.3) is 0 Å². The zero-order chi connectivity index (χ0) is 11.5. The van der Waals surface area contributed by atoms with Crippen molar-refractivity contribution in [3.05, 3.63) is 30.5 Å². The monoisotopic (exact) mass is 235 g/mol. The molecule has 0 radical (unpaired) electrons. The molecule has 5 heteroatoms. The molecular weight excluding hydrogens is 226 g/mol. The van der Waals surface area contributed by atoms with Gasteiger partial charge in [-0.1, -0.05) is 11.3 Å². The molecule has 82 valence electrons. The zero-order valence-corrected chi connectivity index (χ0v) is 9.32. The fourth-order valence-corrected chi connectivity index (χ4v) is 2.00. The summed E-state index contributed by atoms with van der Waals surface area (Å²) in [6, 6.07) is 6.68. The average Bonchev–Trinajstić information content (AvgIpc) is 2.66. The lowest BCUT2D eigenvalue weighted by Crippen LogP contribution is -1.98. The van der Waals surface area contributed by atoms with Gasteiger partial charge in [0.05, 0.1) is 6.20 Å². The van der Waals surface area contributed by atoms with Gasteiger partial charge in [-0.15, -0.1) is 0 Å². The van der Waals surface area contributed by atoms with Crippen LogP contribution in [0.5, 0.6) is 10.8 Å². The highest BCUT2D eigenvalue weighted by molar-refractivity contribution is 7.16. The SMILES string of the molecule is CC(=O)Oc1cnc(-c2ccc(O)cc2)s1. The Kier molecular flexibility index (Phi) is 2.87. The van der Waals surface area contributed by atoms with Gasteiger partial charge < -0.3 is 9.84 Å². The van der Waals surface area contributed by atoms with E-state index in [1.165, 1.54) is 24.5 Å². The van der Waals surface area contributed by atoms with Crippen molar-refractivity contribution in [3.63, 3.8) is 0 Å². The van der Waals surface area contributed by atoms with E-state index in [-0.39, 0.29) is 11.7 Å². The highest BCUT2D eigenvalue weighted by Gasteiger charge is 2.06. The van der Waals surface area contributed by atoms with Crippen LogP contribution in [0.4, 0.5) is 0 Å². The first-order chi connectivity index (χ1) is 7.65. The summed E-state index contributed by atoms with van der Waals surface area (Å²) in [7, 11) is 0. The molecule has 1 aromatic carbocycles. The molecule has 1 aromatic heterocycles. The Bertz CT molecular complexity index is 504. The second-order valence-electron chi connectivity index (χ2n) is 3.12. The maximum atomic E-state index is 10.7. The first kappa shape index (κ1) is 10.6. The highest BCUT2D eigenvalue weighted by atomic mass is 32.1. The van der Waals surface area contributed by atoms with Crippen LogP contribution in [0, 0.1) is 0 Å². The first-order valence-corrected chi connectivity index (χ1v) is 5.40. The summed E-state index contributed by atoms with van der Waals surface area (Å²) >= 11 is 1.28. The summed E-state index contributed by atoms with van der Waals surface area (Å²) in [6.07, 6.45) is 1.51. The standard InChI is InChI=1S/C11H9NO3S/c1-7(13)15-10-6-12-11(16-10)8-2-4-9(14)5-3-8/h2-6,14H,1H3. The Labute approximate surface area is 96.1 Å². The van der Waals surface area contributed by atoms with Crippen LogP contribution >= 0.6 is 11.3 Å². The van der Waals surface area contributed by atoms with Crippen molar-refractivity contribution in [1.82, 2.24) is 4.98 Å². The number of aromatic hydroxyl groups is 1. The largest absolute Gasteiger partial charge is 0.508 e. The van der Waals surface area contributed by atoms with E-state index >= 15 is 0 Å². The molecule has 1 N–H and O–H groups in total. The number of rotatable bonds is 2. The van der Waals surface area contributed by atoms with Crippen LogP contribution in [0.25, 0.3) is 10.6 Å². The lowest BCUT2D eigenvalue weighted by atomic mass is 10.2. The summed E-state index contributed by atoms with van der Waals surface area (Å²) < 4.78 is 4.91. The topological polar surface area (TPSA) is 59.4 Å². The minimum absolute atomic E-state index is 0.209. The maximum Gasteiger partial charge on any atom is 0.308 e. The van der Waals surface area contributed by atoms with Crippen molar-refractivity contribution in [2.75, 3.05) is 0 Å². The Morgan fingerprint density at radius 2 is 2.06 bits per heavy atom. The third kappa shape index (κ3) is 2.38. The summed E-state index contributed by atoms with van der Waals surface area (Å²) in [5.74, 6) is -0.151. The van der Waals surface area contributed by atoms with Gasteiger partial charge in [-0.3, -0.25) is 4.79 Å². The number of nitrogens with zero attached hydrogens (tertiary/aromatic N) is 1. The Hall–Kier alpha value is -1.88. The van der Waals surface area contributed by atoms with Gasteiger partial charge in [0.15, 0.2) is 0 Å². The van der Waals surface area contributed by atoms with Crippen molar-refractivity contribution in [1.29, 1.82) is 0 Å². The number of ether oxygens (including phenoxy) is 1. The average molecular weight is 235 g/mol. The van der Waals surface area contributed by atoms with Gasteiger partial charge in [0.1, 0.15) is 10.8 Å². The van der Waals surface area contributed by atoms with Crippen molar-refractivity contribution in [2.24, 2.45) is 0 Å². The van der Waals surface area contributed by atoms with Crippen LogP contribution < -0.4 is 4.74 Å². The normalized spacial score (nSPS) is 10.1. The van der Waals surface area contributed by atoms with E-state index in [1.807, 2.05) is 0 Å². The maximum absolute atomic E-state index is 10.7. The van der Waals surface area contributed by atoms with Crippen LogP contribution in [-0.2, 0) is 4.79 Å². The molecule has 0 amide bonds. The van der Waals surface area contributed by atoms with Crippen LogP contribution in [-0.4, -0.2) is 16.1 Å². The second-order valence-corrected chi connectivity index (χ2v) is 4.12. The predicted octanol–water partition coefficient (Wildman–Crippen LogP) is 2.44. The summed E-state index contributed by atoms with van der Waals surface area (Å²) in [6.45, 7) is 1.35. The number of esters is 1. The fraction of sp³-hybridized carbons (Fsp3) is 0.0909. The predicted molar refractivity (Wildman–Crippen MR) is 60.5 cm³/mol. The summed E-state index contributed by atoms with van der Waals surface area (Å²) in [5.41, 5.74) is 0.876. The molecule has 1 heterocycles. The highest BCUT2D eigenvalue weighted by Crippen LogP contribution is 2.30. The smallest absolute Gasteiger partial charge is 0.308 e. The lowest BCUT2D eigenvalue weighted by molar-refractivity contribution is -0.131. The van der Waals surface area contributed by atoms with Crippen molar-refractivity contribution in [3.8, 4) is 21.4 Å². The molecule has 0 atom stereocenters. The van der Waals surface area contributed by atoms with Gasteiger partial charge in [0, 0.05) is 12.5 Å². The van der Waals surface area contributed by atoms with E-state index in [2.05, 4.69) is 4.98 Å². The van der Waals surface area contributed by atoms with Crippen LogP contribution in [0.1, 0.15) is 6.92 Å². The number of aromatic nitrogens is 1.